The first-order chi connectivity index (χ1) is 22.3. The van der Waals surface area contributed by atoms with Gasteiger partial charge in [-0.25, -0.2) is 46.2 Å². The molecule has 1 aromatic carbocycles. The number of carbonyl (C=O) groups excluding carboxylic acids is 1. The standard InChI is InChI=1S/C33H47F2N5O6SSi/c1-32(2,3)46-31(41)40(22-44-14-15-48(6,7)8)30-38-33(4,21-47(42,43)39(30)5)25-16-24(12-13-26(25)34)17-27(35)28-18-37-29(19-36-28)45-20-23-10-9-11-23/h12-13,16-19,23H,9-11,14-15,20-22H2,1-8H3/b27-17-/t33-/m0/s1. The molecule has 1 aliphatic heterocycles. The first-order valence-electron chi connectivity index (χ1n) is 16.0. The summed E-state index contributed by atoms with van der Waals surface area (Å²) in [5, 5.41) is 0. The van der Waals surface area contributed by atoms with Crippen molar-refractivity contribution in [2.75, 3.05) is 32.7 Å². The van der Waals surface area contributed by atoms with Crippen LogP contribution in [0, 0.1) is 11.7 Å². The molecule has 1 atom stereocenters. The SMILES string of the molecule is CN1C(N(COCC[Si](C)(C)C)C(=O)OC(C)(C)C)=N[C@](C)(c2cc(/C=C(\F)c3cnc(OCC4CCC4)cn3)ccc2F)CS1(=O)=O. The Morgan fingerprint density at radius 3 is 2.48 bits per heavy atom. The second kappa shape index (κ2) is 14.6. The quantitative estimate of drug-likeness (QED) is 0.144. The van der Waals surface area contributed by atoms with Gasteiger partial charge in [-0.05, 0) is 76.3 Å². The summed E-state index contributed by atoms with van der Waals surface area (Å²) in [6.45, 7) is 13.6. The predicted octanol–water partition coefficient (Wildman–Crippen LogP) is 6.66. The van der Waals surface area contributed by atoms with E-state index in [0.717, 1.165) is 40.2 Å². The van der Waals surface area contributed by atoms with E-state index in [1.54, 1.807) is 20.8 Å². The highest BCUT2D eigenvalue weighted by molar-refractivity contribution is 7.89. The van der Waals surface area contributed by atoms with E-state index in [9.17, 15) is 13.2 Å². The molecule has 1 fully saturated rings. The van der Waals surface area contributed by atoms with Gasteiger partial charge in [0.2, 0.25) is 21.9 Å². The smallest absolute Gasteiger partial charge is 0.419 e. The average Bonchev–Trinajstić information content (AvgIpc) is 2.94. The minimum Gasteiger partial charge on any atom is -0.476 e. The fourth-order valence-electron chi connectivity index (χ4n) is 4.95. The highest BCUT2D eigenvalue weighted by Gasteiger charge is 2.45. The molecule has 15 heteroatoms. The number of benzene rings is 1. The van der Waals surface area contributed by atoms with Crippen molar-refractivity contribution in [3.63, 3.8) is 0 Å². The lowest BCUT2D eigenvalue weighted by Crippen LogP contribution is -2.56. The fourth-order valence-corrected chi connectivity index (χ4v) is 7.22. The summed E-state index contributed by atoms with van der Waals surface area (Å²) in [6.07, 6.45) is 6.31. The Morgan fingerprint density at radius 1 is 1.19 bits per heavy atom. The first-order valence-corrected chi connectivity index (χ1v) is 21.4. The lowest BCUT2D eigenvalue weighted by atomic mass is 9.86. The molecule has 1 amide bonds. The van der Waals surface area contributed by atoms with Crippen LogP contribution in [0.1, 0.15) is 63.8 Å². The Bertz CT molecular complexity index is 1640. The summed E-state index contributed by atoms with van der Waals surface area (Å²) in [6, 6.07) is 4.62. The minimum absolute atomic E-state index is 0.0487. The van der Waals surface area contributed by atoms with Crippen LogP contribution in [0.3, 0.4) is 0 Å². The Labute approximate surface area is 283 Å². The third kappa shape index (κ3) is 9.81. The molecule has 1 aromatic heterocycles. The van der Waals surface area contributed by atoms with Crippen LogP contribution in [0.5, 0.6) is 5.88 Å². The molecule has 11 nitrogen and oxygen atoms in total. The number of carbonyl (C=O) groups is 1. The van der Waals surface area contributed by atoms with E-state index in [4.69, 9.17) is 14.2 Å². The molecule has 2 heterocycles. The van der Waals surface area contributed by atoms with Crippen molar-refractivity contribution in [2.24, 2.45) is 10.9 Å². The van der Waals surface area contributed by atoms with Crippen LogP contribution in [0.15, 0.2) is 35.6 Å². The topological polar surface area (TPSA) is 124 Å². The van der Waals surface area contributed by atoms with E-state index in [-0.39, 0.29) is 29.5 Å². The van der Waals surface area contributed by atoms with E-state index in [1.807, 2.05) is 0 Å². The number of sulfonamides is 1. The summed E-state index contributed by atoms with van der Waals surface area (Å²) in [7, 11) is -4.34. The van der Waals surface area contributed by atoms with Crippen LogP contribution >= 0.6 is 0 Å². The Morgan fingerprint density at radius 2 is 1.90 bits per heavy atom. The highest BCUT2D eigenvalue weighted by atomic mass is 32.2. The van der Waals surface area contributed by atoms with Gasteiger partial charge in [0.15, 0.2) is 5.83 Å². The van der Waals surface area contributed by atoms with Crippen molar-refractivity contribution >= 4 is 42.1 Å². The van der Waals surface area contributed by atoms with Gasteiger partial charge in [-0.15, -0.1) is 0 Å². The molecule has 0 unspecified atom stereocenters. The monoisotopic (exact) mass is 707 g/mol. The van der Waals surface area contributed by atoms with Gasteiger partial charge in [-0.1, -0.05) is 32.1 Å². The number of hydrogen-bond donors (Lipinski definition) is 0. The van der Waals surface area contributed by atoms with E-state index >= 15 is 8.78 Å². The summed E-state index contributed by atoms with van der Waals surface area (Å²) in [5.74, 6) is -1.57. The Hall–Kier alpha value is -3.43. The zero-order valence-corrected chi connectivity index (χ0v) is 30.9. The lowest BCUT2D eigenvalue weighted by molar-refractivity contribution is 0.00806. The molecule has 0 bridgehead atoms. The average molecular weight is 708 g/mol. The Kier molecular flexibility index (Phi) is 11.4. The maximum absolute atomic E-state index is 15.5. The second-order valence-electron chi connectivity index (χ2n) is 14.7. The fraction of sp³-hybridized carbons (Fsp3) is 0.576. The molecule has 4 rings (SSSR count). The molecular formula is C33H47F2N5O6SSi. The van der Waals surface area contributed by atoms with Crippen LogP contribution in [0.25, 0.3) is 11.9 Å². The molecule has 0 spiro atoms. The summed E-state index contributed by atoms with van der Waals surface area (Å²) in [4.78, 5) is 27.3. The van der Waals surface area contributed by atoms with Crippen LogP contribution in [0.2, 0.25) is 25.7 Å². The van der Waals surface area contributed by atoms with Crippen molar-refractivity contribution in [3.05, 3.63) is 53.2 Å². The van der Waals surface area contributed by atoms with Crippen molar-refractivity contribution in [1.29, 1.82) is 0 Å². The molecule has 264 valence electrons. The number of amides is 1. The van der Waals surface area contributed by atoms with E-state index in [1.165, 1.54) is 44.9 Å². The first kappa shape index (κ1) is 37.4. The molecular weight excluding hydrogens is 661 g/mol. The van der Waals surface area contributed by atoms with Crippen LogP contribution in [-0.2, 0) is 25.0 Å². The van der Waals surface area contributed by atoms with Crippen molar-refractivity contribution in [2.45, 2.75) is 83.8 Å². The summed E-state index contributed by atoms with van der Waals surface area (Å²) < 4.78 is 75.9. The van der Waals surface area contributed by atoms with E-state index in [0.29, 0.717) is 25.0 Å². The summed E-state index contributed by atoms with van der Waals surface area (Å²) >= 11 is 0. The molecule has 2 aromatic rings. The van der Waals surface area contributed by atoms with Crippen molar-refractivity contribution < 1.29 is 36.2 Å². The maximum Gasteiger partial charge on any atom is 0.419 e. The van der Waals surface area contributed by atoms with Gasteiger partial charge in [-0.3, -0.25) is 0 Å². The number of nitrogens with zero attached hydrogens (tertiary/aromatic N) is 5. The molecule has 0 N–H and O–H groups in total. The van der Waals surface area contributed by atoms with E-state index in [2.05, 4.69) is 34.6 Å². The number of hydrogen-bond acceptors (Lipinski definition) is 9. The van der Waals surface area contributed by atoms with E-state index < -0.39 is 52.7 Å². The zero-order valence-electron chi connectivity index (χ0n) is 29.0. The number of aliphatic imine (C=N–C) groups is 1. The normalized spacial score (nSPS) is 20.2. The largest absolute Gasteiger partial charge is 0.476 e. The third-order valence-corrected chi connectivity index (χ3v) is 11.6. The molecule has 48 heavy (non-hydrogen) atoms. The lowest BCUT2D eigenvalue weighted by Gasteiger charge is -2.39. The second-order valence-corrected chi connectivity index (χ2v) is 22.4. The Balaban J connectivity index is 1.66. The zero-order chi connectivity index (χ0) is 35.5. The van der Waals surface area contributed by atoms with Crippen LogP contribution in [-0.4, -0.2) is 86.1 Å². The van der Waals surface area contributed by atoms with Crippen molar-refractivity contribution in [3.8, 4) is 5.88 Å². The molecule has 1 aliphatic carbocycles. The highest BCUT2D eigenvalue weighted by Crippen LogP contribution is 2.36. The van der Waals surface area contributed by atoms with Crippen LogP contribution < -0.4 is 4.74 Å². The predicted molar refractivity (Wildman–Crippen MR) is 184 cm³/mol. The molecule has 1 saturated carbocycles. The van der Waals surface area contributed by atoms with Gasteiger partial charge < -0.3 is 14.2 Å². The number of guanidine groups is 1. The third-order valence-electron chi connectivity index (χ3n) is 8.01. The minimum atomic E-state index is -4.13. The number of halogens is 2. The molecule has 0 radical (unpaired) electrons. The maximum atomic E-state index is 15.5. The van der Waals surface area contributed by atoms with Gasteiger partial charge in [0.1, 0.15) is 29.4 Å². The van der Waals surface area contributed by atoms with Crippen molar-refractivity contribution in [1.82, 2.24) is 19.2 Å². The van der Waals surface area contributed by atoms with Gasteiger partial charge in [0.05, 0.1) is 24.8 Å². The molecule has 2 aliphatic rings. The number of ether oxygens (including phenoxy) is 3. The van der Waals surface area contributed by atoms with Gasteiger partial charge in [0.25, 0.3) is 0 Å². The number of aromatic nitrogens is 2. The summed E-state index contributed by atoms with van der Waals surface area (Å²) in [5.41, 5.74) is -2.53. The molecule has 0 saturated heterocycles. The van der Waals surface area contributed by atoms with Gasteiger partial charge in [-0.2, -0.15) is 0 Å². The van der Waals surface area contributed by atoms with Gasteiger partial charge in [0, 0.05) is 27.3 Å². The van der Waals surface area contributed by atoms with Gasteiger partial charge >= 0.3 is 6.09 Å². The van der Waals surface area contributed by atoms with Crippen LogP contribution in [0.4, 0.5) is 13.6 Å². The number of rotatable bonds is 11.